The van der Waals surface area contributed by atoms with Crippen molar-refractivity contribution in [3.8, 4) is 5.75 Å². The summed E-state index contributed by atoms with van der Waals surface area (Å²) in [4.78, 5) is 12.3. The predicted molar refractivity (Wildman–Crippen MR) is 86.4 cm³/mol. The number of fused-ring (bicyclic) bond motifs is 5. The summed E-state index contributed by atoms with van der Waals surface area (Å²) in [5.41, 5.74) is 2.17. The van der Waals surface area contributed by atoms with Crippen molar-refractivity contribution in [3.05, 3.63) is 29.3 Å². The van der Waals surface area contributed by atoms with E-state index in [0.717, 1.165) is 37.7 Å². The smallest absolute Gasteiger partial charge is 0.716 e. The molecule has 130 valence electrons. The summed E-state index contributed by atoms with van der Waals surface area (Å²) in [7, 11) is -4.74. The van der Waals surface area contributed by atoms with Crippen LogP contribution in [0.15, 0.2) is 18.2 Å². The topological polar surface area (TPSA) is 83.5 Å². The summed E-state index contributed by atoms with van der Waals surface area (Å²) in [5, 5.41) is 0. The van der Waals surface area contributed by atoms with Crippen molar-refractivity contribution in [2.45, 2.75) is 51.4 Å². The number of benzene rings is 1. The van der Waals surface area contributed by atoms with Gasteiger partial charge in [0.2, 0.25) is 0 Å². The number of carbonyl (C=O) groups excluding carboxylic acids is 1. The Morgan fingerprint density at radius 1 is 1.20 bits per heavy atom. The Hall–Kier alpha value is -0.400. The average Bonchev–Trinajstić information content (AvgIpc) is 2.81. The van der Waals surface area contributed by atoms with Gasteiger partial charge < -0.3 is 8.74 Å². The van der Waals surface area contributed by atoms with Gasteiger partial charge >= 0.3 is 29.6 Å². The zero-order chi connectivity index (χ0) is 17.1. The van der Waals surface area contributed by atoms with Gasteiger partial charge in [-0.2, -0.15) is 0 Å². The minimum absolute atomic E-state index is 0. The summed E-state index contributed by atoms with van der Waals surface area (Å²) >= 11 is 0. The van der Waals surface area contributed by atoms with Crippen LogP contribution >= 0.6 is 0 Å². The molecule has 3 aliphatic carbocycles. The monoisotopic (exact) mass is 372 g/mol. The maximum Gasteiger partial charge on any atom is 1.00 e. The van der Waals surface area contributed by atoms with E-state index in [4.69, 9.17) is 0 Å². The second kappa shape index (κ2) is 6.64. The zero-order valence-corrected chi connectivity index (χ0v) is 17.5. The van der Waals surface area contributed by atoms with Gasteiger partial charge in [-0.05, 0) is 73.1 Å². The third-order valence-electron chi connectivity index (χ3n) is 6.61. The number of rotatable bonds is 2. The molecule has 1 aromatic carbocycles. The van der Waals surface area contributed by atoms with Crippen LogP contribution < -0.4 is 33.7 Å². The Morgan fingerprint density at radius 2 is 1.96 bits per heavy atom. The first-order chi connectivity index (χ1) is 11.3. The molecule has 0 aliphatic heterocycles. The summed E-state index contributed by atoms with van der Waals surface area (Å²) < 4.78 is 36.8. The second-order valence-electron chi connectivity index (χ2n) is 7.69. The molecule has 25 heavy (non-hydrogen) atoms. The third kappa shape index (κ3) is 3.32. The molecule has 1 aromatic rings. The van der Waals surface area contributed by atoms with E-state index in [2.05, 4.69) is 11.1 Å². The molecule has 0 spiro atoms. The maximum absolute atomic E-state index is 12.3. The molecule has 0 radical (unpaired) electrons. The minimum atomic E-state index is -4.74. The third-order valence-corrected chi connectivity index (χ3v) is 7.00. The van der Waals surface area contributed by atoms with E-state index in [1.807, 2.05) is 6.07 Å². The van der Waals surface area contributed by atoms with Gasteiger partial charge in [-0.3, -0.25) is 4.79 Å². The van der Waals surface area contributed by atoms with Gasteiger partial charge in [-0.1, -0.05) is 13.0 Å². The molecule has 4 atom stereocenters. The summed E-state index contributed by atoms with van der Waals surface area (Å²) in [6.07, 6.45) is 5.50. The fourth-order valence-corrected chi connectivity index (χ4v) is 5.84. The molecular formula is C18H21NaO5S. The number of carbonyl (C=O) groups is 1. The van der Waals surface area contributed by atoms with Crippen LogP contribution in [0.25, 0.3) is 0 Å². The molecule has 0 N–H and O–H groups in total. The Kier molecular flexibility index (Phi) is 5.14. The molecule has 0 heterocycles. The Morgan fingerprint density at radius 3 is 2.68 bits per heavy atom. The number of hydrogen-bond donors (Lipinski definition) is 0. The Labute approximate surface area is 170 Å². The minimum Gasteiger partial charge on any atom is -0.716 e. The molecule has 4 rings (SSSR count). The van der Waals surface area contributed by atoms with Crippen LogP contribution in [0, 0.1) is 17.3 Å². The van der Waals surface area contributed by atoms with Gasteiger partial charge in [-0.25, -0.2) is 8.42 Å². The molecule has 3 aliphatic rings. The molecule has 2 fully saturated rings. The first-order valence-electron chi connectivity index (χ1n) is 8.59. The van der Waals surface area contributed by atoms with E-state index < -0.39 is 10.4 Å². The van der Waals surface area contributed by atoms with E-state index in [0.29, 0.717) is 30.0 Å². The van der Waals surface area contributed by atoms with Gasteiger partial charge in [0.15, 0.2) is 0 Å². The van der Waals surface area contributed by atoms with Gasteiger partial charge in [-0.15, -0.1) is 0 Å². The Bertz CT molecular complexity index is 806. The van der Waals surface area contributed by atoms with Crippen molar-refractivity contribution < 1.29 is 51.5 Å². The van der Waals surface area contributed by atoms with Crippen LogP contribution in [0.2, 0.25) is 0 Å². The van der Waals surface area contributed by atoms with E-state index in [1.165, 1.54) is 5.56 Å². The molecule has 0 bridgehead atoms. The number of aryl methyl sites for hydroxylation is 1. The normalized spacial score (nSPS) is 33.7. The van der Waals surface area contributed by atoms with Gasteiger partial charge in [0.25, 0.3) is 10.4 Å². The van der Waals surface area contributed by atoms with Crippen LogP contribution in [0.1, 0.15) is 56.1 Å². The largest absolute Gasteiger partial charge is 1.00 e. The van der Waals surface area contributed by atoms with Crippen molar-refractivity contribution in [1.82, 2.24) is 0 Å². The van der Waals surface area contributed by atoms with Crippen molar-refractivity contribution >= 4 is 16.2 Å². The van der Waals surface area contributed by atoms with Crippen LogP contribution in [0.5, 0.6) is 5.75 Å². The van der Waals surface area contributed by atoms with Gasteiger partial charge in [0.1, 0.15) is 11.5 Å². The zero-order valence-electron chi connectivity index (χ0n) is 14.7. The summed E-state index contributed by atoms with van der Waals surface area (Å²) in [6, 6.07) is 5.17. The second-order valence-corrected chi connectivity index (χ2v) is 8.67. The molecule has 0 amide bonds. The van der Waals surface area contributed by atoms with Crippen molar-refractivity contribution in [2.75, 3.05) is 0 Å². The van der Waals surface area contributed by atoms with Crippen LogP contribution in [0.3, 0.4) is 0 Å². The van der Waals surface area contributed by atoms with Crippen LogP contribution in [-0.4, -0.2) is 18.8 Å². The van der Waals surface area contributed by atoms with Crippen molar-refractivity contribution in [1.29, 1.82) is 0 Å². The van der Waals surface area contributed by atoms with E-state index in [-0.39, 0.29) is 40.7 Å². The SMILES string of the molecule is C[C@]12CC[C@@H]3c4ccc(OS(=O)(=O)[O-])cc4CC[C@@H]3[C@H]1CCC2=O.[Na+]. The molecule has 7 heteroatoms. The molecule has 5 nitrogen and oxygen atoms in total. The molecule has 2 saturated carbocycles. The van der Waals surface area contributed by atoms with E-state index in [1.54, 1.807) is 12.1 Å². The molecule has 0 saturated heterocycles. The summed E-state index contributed by atoms with van der Waals surface area (Å²) in [5.74, 6) is 1.95. The standard InChI is InChI=1S/C18H22O5S.Na/c1-18-9-8-14-13-5-3-12(23-24(20,21)22)10-11(13)2-4-15(14)16(18)6-7-17(18)19;/h3,5,10,14-16H,2,4,6-9H2,1H3,(H,20,21,22);/q;+1/p-1/t14-,15+,16-,18+;/m1./s1. The number of Topliss-reactive ketones (excluding diaryl/α,β-unsaturated/α-hetero) is 1. The van der Waals surface area contributed by atoms with Crippen molar-refractivity contribution in [3.63, 3.8) is 0 Å². The van der Waals surface area contributed by atoms with Gasteiger partial charge in [0.05, 0.1) is 0 Å². The van der Waals surface area contributed by atoms with Crippen LogP contribution in [0.4, 0.5) is 0 Å². The maximum atomic E-state index is 12.3. The van der Waals surface area contributed by atoms with E-state index >= 15 is 0 Å². The van der Waals surface area contributed by atoms with E-state index in [9.17, 15) is 17.8 Å². The fourth-order valence-electron chi connectivity index (χ4n) is 5.50. The molecule has 0 aromatic heterocycles. The number of ketones is 1. The average molecular weight is 372 g/mol. The quantitative estimate of drug-likeness (QED) is 0.413. The predicted octanol–water partition coefficient (Wildman–Crippen LogP) is -0.0452. The summed E-state index contributed by atoms with van der Waals surface area (Å²) in [6.45, 7) is 2.15. The first-order valence-corrected chi connectivity index (χ1v) is 9.93. The fraction of sp³-hybridized carbons (Fsp3) is 0.611. The first kappa shape index (κ1) is 19.4. The Balaban J connectivity index is 0.00000182. The van der Waals surface area contributed by atoms with Gasteiger partial charge in [0, 0.05) is 11.8 Å². The number of hydrogen-bond acceptors (Lipinski definition) is 5. The van der Waals surface area contributed by atoms with Crippen molar-refractivity contribution in [2.24, 2.45) is 17.3 Å². The molecule has 0 unspecified atom stereocenters. The molecular weight excluding hydrogens is 351 g/mol. The van der Waals surface area contributed by atoms with Crippen LogP contribution in [-0.2, 0) is 21.6 Å².